The van der Waals surface area contributed by atoms with Crippen molar-refractivity contribution in [3.8, 4) is 0 Å². The van der Waals surface area contributed by atoms with Crippen molar-refractivity contribution in [2.45, 2.75) is 19.4 Å². The fourth-order valence-corrected chi connectivity index (χ4v) is 2.51. The van der Waals surface area contributed by atoms with Gasteiger partial charge in [-0.2, -0.15) is 0 Å². The molecule has 0 heterocycles. The van der Waals surface area contributed by atoms with Crippen LogP contribution in [0.1, 0.15) is 24.1 Å². The molecule has 0 aliphatic carbocycles. The zero-order valence-corrected chi connectivity index (χ0v) is 13.5. The molecule has 0 amide bonds. The first-order valence-corrected chi connectivity index (χ1v) is 7.66. The summed E-state index contributed by atoms with van der Waals surface area (Å²) in [7, 11) is 0. The van der Waals surface area contributed by atoms with Gasteiger partial charge in [-0.05, 0) is 71.2 Å². The van der Waals surface area contributed by atoms with Gasteiger partial charge in [0.05, 0.1) is 4.47 Å². The summed E-state index contributed by atoms with van der Waals surface area (Å²) in [6.45, 7) is 2.93. The average molecular weight is 357 g/mol. The van der Waals surface area contributed by atoms with Crippen molar-refractivity contribution >= 4 is 27.5 Å². The minimum Gasteiger partial charge on any atom is -0.310 e. The lowest BCUT2D eigenvalue weighted by Gasteiger charge is -2.15. The summed E-state index contributed by atoms with van der Waals surface area (Å²) >= 11 is 9.06. The Morgan fingerprint density at radius 2 is 1.90 bits per heavy atom. The average Bonchev–Trinajstić information content (AvgIpc) is 2.44. The lowest BCUT2D eigenvalue weighted by molar-refractivity contribution is 0.572. The maximum atomic E-state index is 13.2. The first-order valence-electron chi connectivity index (χ1n) is 6.49. The SMILES string of the molecule is CC(NCCc1ccc(Cl)cc1)c1ccc(F)c(Br)c1. The summed E-state index contributed by atoms with van der Waals surface area (Å²) in [6, 6.07) is 13.1. The third-order valence-corrected chi connectivity index (χ3v) is 4.08. The molecule has 0 aliphatic rings. The Bertz CT molecular complexity index is 571. The van der Waals surface area contributed by atoms with Gasteiger partial charge in [0.2, 0.25) is 0 Å². The lowest BCUT2D eigenvalue weighted by atomic mass is 10.1. The van der Waals surface area contributed by atoms with Crippen LogP contribution in [0.4, 0.5) is 4.39 Å². The Hall–Kier alpha value is -0.900. The molecule has 0 saturated carbocycles. The van der Waals surface area contributed by atoms with E-state index in [2.05, 4.69) is 28.2 Å². The first-order chi connectivity index (χ1) is 9.56. The highest BCUT2D eigenvalue weighted by atomic mass is 79.9. The summed E-state index contributed by atoms with van der Waals surface area (Å²) < 4.78 is 13.7. The van der Waals surface area contributed by atoms with Crippen LogP contribution in [0.25, 0.3) is 0 Å². The molecule has 2 rings (SSSR count). The Labute approximate surface area is 132 Å². The topological polar surface area (TPSA) is 12.0 Å². The predicted molar refractivity (Wildman–Crippen MR) is 85.7 cm³/mol. The van der Waals surface area contributed by atoms with E-state index in [9.17, 15) is 4.39 Å². The summed E-state index contributed by atoms with van der Waals surface area (Å²) in [5.74, 6) is -0.234. The molecular formula is C16H16BrClFN. The maximum Gasteiger partial charge on any atom is 0.137 e. The van der Waals surface area contributed by atoms with Crippen LogP contribution in [0.2, 0.25) is 5.02 Å². The van der Waals surface area contributed by atoms with Gasteiger partial charge in [-0.3, -0.25) is 0 Å². The van der Waals surface area contributed by atoms with Gasteiger partial charge in [0.1, 0.15) is 5.82 Å². The monoisotopic (exact) mass is 355 g/mol. The van der Waals surface area contributed by atoms with Crippen LogP contribution in [0.15, 0.2) is 46.9 Å². The van der Waals surface area contributed by atoms with Gasteiger partial charge in [0.25, 0.3) is 0 Å². The Morgan fingerprint density at radius 3 is 2.55 bits per heavy atom. The van der Waals surface area contributed by atoms with E-state index in [1.165, 1.54) is 11.6 Å². The largest absolute Gasteiger partial charge is 0.310 e. The molecule has 0 fully saturated rings. The van der Waals surface area contributed by atoms with Crippen molar-refractivity contribution in [2.24, 2.45) is 0 Å². The summed E-state index contributed by atoms with van der Waals surface area (Å²) in [5, 5.41) is 4.19. The van der Waals surface area contributed by atoms with E-state index >= 15 is 0 Å². The van der Waals surface area contributed by atoms with Crippen molar-refractivity contribution in [3.05, 3.63) is 68.9 Å². The van der Waals surface area contributed by atoms with Gasteiger partial charge >= 0.3 is 0 Å². The lowest BCUT2D eigenvalue weighted by Crippen LogP contribution is -2.21. The molecular weight excluding hydrogens is 341 g/mol. The van der Waals surface area contributed by atoms with E-state index in [1.54, 1.807) is 6.07 Å². The highest BCUT2D eigenvalue weighted by molar-refractivity contribution is 9.10. The Kier molecular flexibility index (Phi) is 5.58. The molecule has 2 aromatic carbocycles. The third kappa shape index (κ3) is 4.30. The smallest absolute Gasteiger partial charge is 0.137 e. The molecule has 0 aliphatic heterocycles. The van der Waals surface area contributed by atoms with Crippen molar-refractivity contribution < 1.29 is 4.39 Å². The van der Waals surface area contributed by atoms with Crippen LogP contribution >= 0.6 is 27.5 Å². The van der Waals surface area contributed by atoms with Gasteiger partial charge < -0.3 is 5.32 Å². The first kappa shape index (κ1) is 15.5. The molecule has 0 spiro atoms. The number of rotatable bonds is 5. The Morgan fingerprint density at radius 1 is 1.20 bits per heavy atom. The van der Waals surface area contributed by atoms with E-state index in [0.717, 1.165) is 23.6 Å². The molecule has 1 atom stereocenters. The van der Waals surface area contributed by atoms with Gasteiger partial charge in [0.15, 0.2) is 0 Å². The summed E-state index contributed by atoms with van der Waals surface area (Å²) in [4.78, 5) is 0. The molecule has 1 nitrogen and oxygen atoms in total. The number of nitrogens with one attached hydrogen (secondary N) is 1. The number of benzene rings is 2. The molecule has 2 aromatic rings. The van der Waals surface area contributed by atoms with Crippen LogP contribution in [0.5, 0.6) is 0 Å². The second kappa shape index (κ2) is 7.21. The zero-order valence-electron chi connectivity index (χ0n) is 11.2. The fraction of sp³-hybridized carbons (Fsp3) is 0.250. The van der Waals surface area contributed by atoms with Crippen LogP contribution in [-0.2, 0) is 6.42 Å². The number of halogens is 3. The number of hydrogen-bond acceptors (Lipinski definition) is 1. The van der Waals surface area contributed by atoms with E-state index in [4.69, 9.17) is 11.6 Å². The molecule has 106 valence electrons. The quantitative estimate of drug-likeness (QED) is 0.782. The minimum atomic E-state index is -0.234. The normalized spacial score (nSPS) is 12.4. The predicted octanol–water partition coefficient (Wildman–Crippen LogP) is 5.13. The Balaban J connectivity index is 1.87. The molecule has 4 heteroatoms. The van der Waals surface area contributed by atoms with Crippen molar-refractivity contribution in [1.29, 1.82) is 0 Å². The molecule has 20 heavy (non-hydrogen) atoms. The van der Waals surface area contributed by atoms with Crippen molar-refractivity contribution in [3.63, 3.8) is 0 Å². The van der Waals surface area contributed by atoms with Crippen LogP contribution in [0, 0.1) is 5.82 Å². The van der Waals surface area contributed by atoms with Crippen LogP contribution in [-0.4, -0.2) is 6.54 Å². The van der Waals surface area contributed by atoms with Gasteiger partial charge in [0, 0.05) is 11.1 Å². The van der Waals surface area contributed by atoms with Gasteiger partial charge in [-0.1, -0.05) is 29.8 Å². The molecule has 0 bridgehead atoms. The second-order valence-corrected chi connectivity index (χ2v) is 6.02. The van der Waals surface area contributed by atoms with Gasteiger partial charge in [-0.25, -0.2) is 4.39 Å². The maximum absolute atomic E-state index is 13.2. The van der Waals surface area contributed by atoms with Gasteiger partial charge in [-0.15, -0.1) is 0 Å². The standard InChI is InChI=1S/C16H16BrClFN/c1-11(13-4-7-16(19)15(17)10-13)20-9-8-12-2-5-14(18)6-3-12/h2-7,10-11,20H,8-9H2,1H3. The van der Waals surface area contributed by atoms with E-state index in [-0.39, 0.29) is 11.9 Å². The third-order valence-electron chi connectivity index (χ3n) is 3.22. The van der Waals surface area contributed by atoms with Crippen molar-refractivity contribution in [2.75, 3.05) is 6.54 Å². The molecule has 1 N–H and O–H groups in total. The van der Waals surface area contributed by atoms with E-state index < -0.39 is 0 Å². The van der Waals surface area contributed by atoms with Crippen LogP contribution < -0.4 is 5.32 Å². The summed E-state index contributed by atoms with van der Waals surface area (Å²) in [5.41, 5.74) is 2.31. The zero-order chi connectivity index (χ0) is 14.5. The van der Waals surface area contributed by atoms with E-state index in [1.807, 2.05) is 30.3 Å². The second-order valence-electron chi connectivity index (χ2n) is 4.73. The van der Waals surface area contributed by atoms with Crippen molar-refractivity contribution in [1.82, 2.24) is 5.32 Å². The summed E-state index contributed by atoms with van der Waals surface area (Å²) in [6.07, 6.45) is 0.934. The van der Waals surface area contributed by atoms with E-state index in [0.29, 0.717) is 4.47 Å². The van der Waals surface area contributed by atoms with Crippen LogP contribution in [0.3, 0.4) is 0 Å². The molecule has 1 unspecified atom stereocenters. The molecule has 0 radical (unpaired) electrons. The highest BCUT2D eigenvalue weighted by Gasteiger charge is 2.07. The molecule has 0 saturated heterocycles. The molecule has 0 aromatic heterocycles. The number of hydrogen-bond donors (Lipinski definition) is 1. The highest BCUT2D eigenvalue weighted by Crippen LogP contribution is 2.21. The fourth-order valence-electron chi connectivity index (χ4n) is 1.98. The minimum absolute atomic E-state index is 0.180.